The summed E-state index contributed by atoms with van der Waals surface area (Å²) < 4.78 is 6.04. The third kappa shape index (κ3) is 4.66. The Morgan fingerprint density at radius 1 is 0.469 bits per heavy atom. The highest BCUT2D eigenvalue weighted by molar-refractivity contribution is 6.10. The van der Waals surface area contributed by atoms with Gasteiger partial charge in [-0.15, -0.1) is 0 Å². The van der Waals surface area contributed by atoms with Gasteiger partial charge in [0.2, 0.25) is 0 Å². The molecule has 7 aromatic carbocycles. The Hall–Kier alpha value is -6.32. The van der Waals surface area contributed by atoms with Gasteiger partial charge in [0.15, 0.2) is 0 Å². The van der Waals surface area contributed by atoms with E-state index in [1.54, 1.807) is 0 Å². The van der Waals surface area contributed by atoms with Crippen LogP contribution in [-0.2, 0) is 6.42 Å². The molecule has 1 aliphatic rings. The molecule has 230 valence electrons. The lowest BCUT2D eigenvalue weighted by Gasteiger charge is -2.17. The molecule has 2 aromatic heterocycles. The first kappa shape index (κ1) is 27.8. The average Bonchev–Trinajstić information content (AvgIpc) is 3.56. The molecule has 10 rings (SSSR count). The van der Waals surface area contributed by atoms with Crippen molar-refractivity contribution in [1.82, 2.24) is 9.97 Å². The molecule has 0 radical (unpaired) electrons. The molecular formula is C46H30N2O. The third-order valence-corrected chi connectivity index (χ3v) is 9.98. The Kier molecular flexibility index (Phi) is 6.31. The molecule has 2 heterocycles. The van der Waals surface area contributed by atoms with Crippen LogP contribution in [0.25, 0.3) is 94.5 Å². The molecule has 1 aliphatic carbocycles. The van der Waals surface area contributed by atoms with Gasteiger partial charge in [-0.25, -0.2) is 4.98 Å². The zero-order valence-electron chi connectivity index (χ0n) is 26.7. The molecule has 0 spiro atoms. The number of furan rings is 1. The number of allylic oxidation sites excluding steroid dienone is 1. The second-order valence-corrected chi connectivity index (χ2v) is 12.9. The number of para-hydroxylation sites is 1. The Bertz CT molecular complexity index is 2770. The summed E-state index contributed by atoms with van der Waals surface area (Å²) in [6, 6.07) is 49.5. The summed E-state index contributed by atoms with van der Waals surface area (Å²) in [7, 11) is 0. The van der Waals surface area contributed by atoms with Crippen molar-refractivity contribution >= 4 is 49.8 Å². The predicted octanol–water partition coefficient (Wildman–Crippen LogP) is 12.3. The van der Waals surface area contributed by atoms with Gasteiger partial charge in [0.25, 0.3) is 0 Å². The van der Waals surface area contributed by atoms with Crippen molar-refractivity contribution in [2.24, 2.45) is 0 Å². The van der Waals surface area contributed by atoms with E-state index in [0.717, 1.165) is 68.0 Å². The molecule has 0 aliphatic heterocycles. The van der Waals surface area contributed by atoms with Crippen molar-refractivity contribution in [2.75, 3.05) is 0 Å². The quantitative estimate of drug-likeness (QED) is 0.182. The number of aromatic nitrogens is 2. The van der Waals surface area contributed by atoms with Crippen LogP contribution in [0.1, 0.15) is 17.5 Å². The zero-order chi connectivity index (χ0) is 32.3. The number of aryl methyl sites for hydroxylation is 1. The minimum Gasteiger partial charge on any atom is -0.456 e. The molecule has 0 unspecified atom stereocenters. The maximum atomic E-state index is 6.04. The van der Waals surface area contributed by atoms with Crippen LogP contribution in [0.5, 0.6) is 0 Å². The van der Waals surface area contributed by atoms with Gasteiger partial charge in [-0.05, 0) is 93.1 Å². The summed E-state index contributed by atoms with van der Waals surface area (Å²) in [5.41, 5.74) is 15.4. The monoisotopic (exact) mass is 626 g/mol. The average molecular weight is 627 g/mol. The molecule has 0 atom stereocenters. The van der Waals surface area contributed by atoms with Gasteiger partial charge >= 0.3 is 0 Å². The van der Waals surface area contributed by atoms with Gasteiger partial charge in [-0.1, -0.05) is 121 Å². The van der Waals surface area contributed by atoms with Crippen molar-refractivity contribution in [3.05, 3.63) is 163 Å². The highest BCUT2D eigenvalue weighted by atomic mass is 16.3. The minimum atomic E-state index is 0.898. The maximum absolute atomic E-state index is 6.04. The normalized spacial score (nSPS) is 12.7. The summed E-state index contributed by atoms with van der Waals surface area (Å²) in [6.07, 6.45) is 8.48. The molecule has 3 nitrogen and oxygen atoms in total. The lowest BCUT2D eigenvalue weighted by Crippen LogP contribution is -2.01. The topological polar surface area (TPSA) is 38.9 Å². The second-order valence-electron chi connectivity index (χ2n) is 12.9. The molecule has 0 N–H and O–H groups in total. The Morgan fingerprint density at radius 3 is 1.88 bits per heavy atom. The molecule has 0 fully saturated rings. The van der Waals surface area contributed by atoms with E-state index in [0.29, 0.717) is 0 Å². The van der Waals surface area contributed by atoms with E-state index in [9.17, 15) is 0 Å². The number of hydrogen-bond acceptors (Lipinski definition) is 3. The van der Waals surface area contributed by atoms with Gasteiger partial charge in [0, 0.05) is 21.7 Å². The Morgan fingerprint density at radius 2 is 1.08 bits per heavy atom. The zero-order valence-corrected chi connectivity index (χ0v) is 26.7. The van der Waals surface area contributed by atoms with Crippen LogP contribution in [0.4, 0.5) is 0 Å². The van der Waals surface area contributed by atoms with E-state index >= 15 is 0 Å². The van der Waals surface area contributed by atoms with E-state index in [1.807, 2.05) is 18.3 Å². The van der Waals surface area contributed by atoms with Gasteiger partial charge in [0.1, 0.15) is 11.2 Å². The second kappa shape index (κ2) is 11.1. The lowest BCUT2D eigenvalue weighted by atomic mass is 9.90. The van der Waals surface area contributed by atoms with E-state index in [1.165, 1.54) is 44.3 Å². The van der Waals surface area contributed by atoms with Crippen LogP contribution in [0, 0.1) is 0 Å². The molecule has 0 bridgehead atoms. The van der Waals surface area contributed by atoms with Crippen LogP contribution in [0.15, 0.2) is 156 Å². The minimum absolute atomic E-state index is 0.898. The van der Waals surface area contributed by atoms with Crippen LogP contribution < -0.4 is 0 Å². The highest BCUT2D eigenvalue weighted by Crippen LogP contribution is 2.37. The fourth-order valence-electron chi connectivity index (χ4n) is 7.52. The van der Waals surface area contributed by atoms with Gasteiger partial charge in [-0.2, -0.15) is 0 Å². The summed E-state index contributed by atoms with van der Waals surface area (Å²) in [5, 5.41) is 4.71. The SMILES string of the molecule is C1=Cc2c(c3nc(-c4cccc(-c5cccc(-c6ccc(-c7ccc8oc9ccccc9c8c7)cc6)c5)c4)cnc3c3ccccc23)CC1. The van der Waals surface area contributed by atoms with Crippen molar-refractivity contribution in [2.45, 2.75) is 12.8 Å². The summed E-state index contributed by atoms with van der Waals surface area (Å²) >= 11 is 0. The number of rotatable bonds is 4. The molecule has 9 aromatic rings. The fourth-order valence-corrected chi connectivity index (χ4v) is 7.52. The maximum Gasteiger partial charge on any atom is 0.135 e. The molecule has 3 heteroatoms. The number of nitrogens with zero attached hydrogens (tertiary/aromatic N) is 2. The highest BCUT2D eigenvalue weighted by Gasteiger charge is 2.18. The first-order valence-corrected chi connectivity index (χ1v) is 16.9. The molecular weight excluding hydrogens is 597 g/mol. The molecule has 0 saturated heterocycles. The Labute approximate surface area is 283 Å². The van der Waals surface area contributed by atoms with Gasteiger partial charge in [-0.3, -0.25) is 4.98 Å². The third-order valence-electron chi connectivity index (χ3n) is 9.98. The summed E-state index contributed by atoms with van der Waals surface area (Å²) in [6.45, 7) is 0. The largest absolute Gasteiger partial charge is 0.456 e. The van der Waals surface area contributed by atoms with Crippen LogP contribution in [-0.4, -0.2) is 9.97 Å². The molecule has 0 saturated carbocycles. The van der Waals surface area contributed by atoms with Crippen molar-refractivity contribution < 1.29 is 4.42 Å². The number of fused-ring (bicyclic) bond motifs is 9. The van der Waals surface area contributed by atoms with Crippen molar-refractivity contribution in [3.63, 3.8) is 0 Å². The summed E-state index contributed by atoms with van der Waals surface area (Å²) in [5.74, 6) is 0. The Balaban J connectivity index is 0.980. The van der Waals surface area contributed by atoms with Crippen molar-refractivity contribution in [3.8, 4) is 44.6 Å². The predicted molar refractivity (Wildman–Crippen MR) is 203 cm³/mol. The van der Waals surface area contributed by atoms with E-state index < -0.39 is 0 Å². The van der Waals surface area contributed by atoms with E-state index in [4.69, 9.17) is 14.4 Å². The lowest BCUT2D eigenvalue weighted by molar-refractivity contribution is 0.669. The van der Waals surface area contributed by atoms with Crippen LogP contribution in [0.2, 0.25) is 0 Å². The van der Waals surface area contributed by atoms with Gasteiger partial charge in [0.05, 0.1) is 22.9 Å². The van der Waals surface area contributed by atoms with Gasteiger partial charge < -0.3 is 4.42 Å². The molecule has 0 amide bonds. The van der Waals surface area contributed by atoms with Crippen LogP contribution in [0.3, 0.4) is 0 Å². The van der Waals surface area contributed by atoms with Crippen molar-refractivity contribution in [1.29, 1.82) is 0 Å². The molecule has 49 heavy (non-hydrogen) atoms. The number of hydrogen-bond donors (Lipinski definition) is 0. The fraction of sp³-hybridized carbons (Fsp3) is 0.0435. The summed E-state index contributed by atoms with van der Waals surface area (Å²) in [4.78, 5) is 10.3. The van der Waals surface area contributed by atoms with E-state index in [-0.39, 0.29) is 0 Å². The first-order valence-electron chi connectivity index (χ1n) is 16.9. The standard InChI is InChI=1S/C46H30N2O/c1-3-16-39-36(13-1)37-14-2-4-17-40(37)46-45(39)47-28-42(48-46)35-12-8-11-33(26-35)32-10-7-9-31(25-32)29-19-21-30(22-20-29)34-23-24-44-41(27-34)38-15-5-6-18-43(38)49-44/h1-3,5-16,18-28H,4,17H2. The van der Waals surface area contributed by atoms with E-state index in [2.05, 4.69) is 140 Å². The van der Waals surface area contributed by atoms with Crippen LogP contribution >= 0.6 is 0 Å². The first-order chi connectivity index (χ1) is 24.3. The smallest absolute Gasteiger partial charge is 0.135 e. The number of benzene rings is 7.